The highest BCUT2D eigenvalue weighted by molar-refractivity contribution is 9.10. The van der Waals surface area contributed by atoms with Gasteiger partial charge in [0.25, 0.3) is 0 Å². The van der Waals surface area contributed by atoms with Crippen molar-refractivity contribution >= 4 is 38.9 Å². The Morgan fingerprint density at radius 1 is 1.30 bits per heavy atom. The summed E-state index contributed by atoms with van der Waals surface area (Å²) < 4.78 is 7.22. The number of benzene rings is 1. The van der Waals surface area contributed by atoms with Crippen molar-refractivity contribution < 1.29 is 4.74 Å². The van der Waals surface area contributed by atoms with Crippen LogP contribution in [0.25, 0.3) is 0 Å². The zero-order valence-corrected chi connectivity index (χ0v) is 14.6. The van der Waals surface area contributed by atoms with Crippen LogP contribution in [-0.2, 0) is 0 Å². The second-order valence-corrected chi connectivity index (χ2v) is 6.80. The maximum atomic E-state index is 6.15. The van der Waals surface area contributed by atoms with Crippen molar-refractivity contribution in [1.82, 2.24) is 5.32 Å². The molecule has 1 atom stereocenters. The van der Waals surface area contributed by atoms with Crippen molar-refractivity contribution in [2.24, 2.45) is 0 Å². The molecule has 0 amide bonds. The average molecular weight is 375 g/mol. The SMILES string of the molecule is CCNC(c1ccc(OCC)cc1)c1cc(Br)c(Cl)s1. The van der Waals surface area contributed by atoms with E-state index in [-0.39, 0.29) is 6.04 Å². The highest BCUT2D eigenvalue weighted by Gasteiger charge is 2.17. The minimum atomic E-state index is 0.157. The van der Waals surface area contributed by atoms with Crippen LogP contribution in [0.5, 0.6) is 5.75 Å². The van der Waals surface area contributed by atoms with Gasteiger partial charge in [-0.25, -0.2) is 0 Å². The van der Waals surface area contributed by atoms with Crippen LogP contribution in [0.2, 0.25) is 4.34 Å². The molecule has 1 N–H and O–H groups in total. The van der Waals surface area contributed by atoms with E-state index in [9.17, 15) is 0 Å². The molecule has 0 saturated heterocycles. The van der Waals surface area contributed by atoms with Crippen LogP contribution in [0.1, 0.15) is 30.3 Å². The summed E-state index contributed by atoms with van der Waals surface area (Å²) in [4.78, 5) is 1.20. The van der Waals surface area contributed by atoms with Gasteiger partial charge in [0.15, 0.2) is 0 Å². The highest BCUT2D eigenvalue weighted by Crippen LogP contribution is 2.37. The molecule has 2 aromatic rings. The van der Waals surface area contributed by atoms with E-state index in [2.05, 4.69) is 46.4 Å². The van der Waals surface area contributed by atoms with Crippen LogP contribution in [0.3, 0.4) is 0 Å². The summed E-state index contributed by atoms with van der Waals surface area (Å²) in [5, 5.41) is 3.50. The summed E-state index contributed by atoms with van der Waals surface area (Å²) in [5.41, 5.74) is 1.21. The lowest BCUT2D eigenvalue weighted by Crippen LogP contribution is -2.20. The first-order valence-electron chi connectivity index (χ1n) is 6.56. The molecule has 2 nitrogen and oxygen atoms in total. The van der Waals surface area contributed by atoms with E-state index in [0.29, 0.717) is 6.61 Å². The molecule has 1 heterocycles. The Labute approximate surface area is 137 Å². The Morgan fingerprint density at radius 3 is 2.50 bits per heavy atom. The largest absolute Gasteiger partial charge is 0.494 e. The van der Waals surface area contributed by atoms with E-state index in [1.54, 1.807) is 11.3 Å². The molecule has 0 radical (unpaired) electrons. The molecule has 1 aromatic heterocycles. The van der Waals surface area contributed by atoms with Crippen LogP contribution in [-0.4, -0.2) is 13.2 Å². The van der Waals surface area contributed by atoms with E-state index in [0.717, 1.165) is 21.1 Å². The molecule has 0 bridgehead atoms. The fraction of sp³-hybridized carbons (Fsp3) is 0.333. The number of rotatable bonds is 6. The van der Waals surface area contributed by atoms with Gasteiger partial charge in [0.1, 0.15) is 10.1 Å². The van der Waals surface area contributed by atoms with E-state index in [4.69, 9.17) is 16.3 Å². The van der Waals surface area contributed by atoms with Crippen LogP contribution in [0.4, 0.5) is 0 Å². The summed E-state index contributed by atoms with van der Waals surface area (Å²) in [7, 11) is 0. The summed E-state index contributed by atoms with van der Waals surface area (Å²) in [6.45, 7) is 5.67. The van der Waals surface area contributed by atoms with Gasteiger partial charge in [-0.3, -0.25) is 0 Å². The van der Waals surface area contributed by atoms with Gasteiger partial charge in [-0.1, -0.05) is 30.7 Å². The third-order valence-electron chi connectivity index (χ3n) is 2.88. The summed E-state index contributed by atoms with van der Waals surface area (Å²) in [6, 6.07) is 10.4. The molecule has 0 aliphatic rings. The first-order valence-corrected chi connectivity index (χ1v) is 8.55. The lowest BCUT2D eigenvalue weighted by atomic mass is 10.1. The van der Waals surface area contributed by atoms with Crippen molar-refractivity contribution in [1.29, 1.82) is 0 Å². The first-order chi connectivity index (χ1) is 9.65. The lowest BCUT2D eigenvalue weighted by molar-refractivity contribution is 0.340. The topological polar surface area (TPSA) is 21.3 Å². The third kappa shape index (κ3) is 3.76. The second-order valence-electron chi connectivity index (χ2n) is 4.26. The van der Waals surface area contributed by atoms with E-state index < -0.39 is 0 Å². The van der Waals surface area contributed by atoms with E-state index >= 15 is 0 Å². The van der Waals surface area contributed by atoms with E-state index in [1.807, 2.05) is 19.1 Å². The van der Waals surface area contributed by atoms with Gasteiger partial charge >= 0.3 is 0 Å². The first kappa shape index (κ1) is 15.8. The van der Waals surface area contributed by atoms with Crippen molar-refractivity contribution in [2.45, 2.75) is 19.9 Å². The van der Waals surface area contributed by atoms with Crippen molar-refractivity contribution in [3.05, 3.63) is 49.6 Å². The maximum Gasteiger partial charge on any atom is 0.119 e. The number of halogens is 2. The van der Waals surface area contributed by atoms with Crippen LogP contribution in [0, 0.1) is 0 Å². The molecule has 0 aliphatic carbocycles. The number of hydrogen-bond donors (Lipinski definition) is 1. The molecule has 1 unspecified atom stereocenters. The highest BCUT2D eigenvalue weighted by atomic mass is 79.9. The summed E-state index contributed by atoms with van der Waals surface area (Å²) in [6.07, 6.45) is 0. The van der Waals surface area contributed by atoms with Gasteiger partial charge in [0.2, 0.25) is 0 Å². The minimum absolute atomic E-state index is 0.157. The monoisotopic (exact) mass is 373 g/mol. The molecular weight excluding hydrogens is 358 g/mol. The smallest absolute Gasteiger partial charge is 0.119 e. The molecular formula is C15H17BrClNOS. The standard InChI is InChI=1S/C15H17BrClNOS/c1-3-18-14(13-9-12(16)15(17)20-13)10-5-7-11(8-6-10)19-4-2/h5-9,14,18H,3-4H2,1-2H3. The normalized spacial score (nSPS) is 12.4. The summed E-state index contributed by atoms with van der Waals surface area (Å²) >= 11 is 11.2. The predicted octanol–water partition coefficient (Wildman–Crippen LogP) is 5.26. The number of hydrogen-bond acceptors (Lipinski definition) is 3. The second kappa shape index (κ2) is 7.46. The van der Waals surface area contributed by atoms with Gasteiger partial charge in [0, 0.05) is 9.35 Å². The zero-order chi connectivity index (χ0) is 14.5. The third-order valence-corrected chi connectivity index (χ3v) is 5.42. The Hall–Kier alpha value is -0.550. The average Bonchev–Trinajstić information content (AvgIpc) is 2.77. The van der Waals surface area contributed by atoms with Crippen molar-refractivity contribution in [3.63, 3.8) is 0 Å². The van der Waals surface area contributed by atoms with Gasteiger partial charge in [0.05, 0.1) is 12.6 Å². The molecule has 2 rings (SSSR count). The molecule has 108 valence electrons. The minimum Gasteiger partial charge on any atom is -0.494 e. The van der Waals surface area contributed by atoms with Crippen LogP contribution in [0.15, 0.2) is 34.8 Å². The Bertz CT molecular complexity index is 536. The predicted molar refractivity (Wildman–Crippen MR) is 90.2 cm³/mol. The molecule has 20 heavy (non-hydrogen) atoms. The van der Waals surface area contributed by atoms with Gasteiger partial charge in [-0.05, 0) is 53.2 Å². The van der Waals surface area contributed by atoms with Crippen molar-refractivity contribution in [2.75, 3.05) is 13.2 Å². The van der Waals surface area contributed by atoms with Gasteiger partial charge < -0.3 is 10.1 Å². The lowest BCUT2D eigenvalue weighted by Gasteiger charge is -2.17. The maximum absolute atomic E-state index is 6.15. The molecule has 5 heteroatoms. The molecule has 1 aromatic carbocycles. The molecule has 0 fully saturated rings. The Kier molecular flexibility index (Phi) is 5.90. The Balaban J connectivity index is 2.27. The number of nitrogens with one attached hydrogen (secondary N) is 1. The number of ether oxygens (including phenoxy) is 1. The fourth-order valence-electron chi connectivity index (χ4n) is 2.02. The van der Waals surface area contributed by atoms with Crippen LogP contribution >= 0.6 is 38.9 Å². The zero-order valence-electron chi connectivity index (χ0n) is 11.5. The molecule has 0 aliphatic heterocycles. The molecule has 0 saturated carbocycles. The molecule has 0 spiro atoms. The quantitative estimate of drug-likeness (QED) is 0.744. The number of thiophene rings is 1. The summed E-state index contributed by atoms with van der Waals surface area (Å²) in [5.74, 6) is 0.900. The van der Waals surface area contributed by atoms with Gasteiger partial charge in [-0.15, -0.1) is 11.3 Å². The van der Waals surface area contributed by atoms with Crippen LogP contribution < -0.4 is 10.1 Å². The van der Waals surface area contributed by atoms with Gasteiger partial charge in [-0.2, -0.15) is 0 Å². The Morgan fingerprint density at radius 2 is 2.00 bits per heavy atom. The fourth-order valence-corrected chi connectivity index (χ4v) is 3.86. The van der Waals surface area contributed by atoms with E-state index in [1.165, 1.54) is 10.4 Å². The van der Waals surface area contributed by atoms with Crippen molar-refractivity contribution in [3.8, 4) is 5.75 Å².